The number of rotatable bonds is 6. The smallest absolute Gasteiger partial charge is 0.330 e. The van der Waals surface area contributed by atoms with Gasteiger partial charge < -0.3 is 21.1 Å². The summed E-state index contributed by atoms with van der Waals surface area (Å²) in [6.07, 6.45) is 0. The Morgan fingerprint density at radius 1 is 0.743 bits per heavy atom. The summed E-state index contributed by atoms with van der Waals surface area (Å²) in [6, 6.07) is 23.2. The number of carboxylic acid groups (broad SMARTS) is 1. The largest absolute Gasteiger partial charge is 0.479 e. The van der Waals surface area contributed by atoms with Crippen LogP contribution in [-0.2, 0) is 4.79 Å². The molecule has 0 aliphatic heterocycles. The van der Waals surface area contributed by atoms with Crippen LogP contribution in [0.25, 0.3) is 10.8 Å². The van der Waals surface area contributed by atoms with Crippen molar-refractivity contribution in [2.24, 2.45) is 0 Å². The summed E-state index contributed by atoms with van der Waals surface area (Å²) in [5.41, 5.74) is 3.36. The lowest BCUT2D eigenvalue weighted by Crippen LogP contribution is -2.34. The molecule has 1 atom stereocenters. The maximum absolute atomic E-state index is 13.3. The quantitative estimate of drug-likeness (QED) is 0.294. The summed E-state index contributed by atoms with van der Waals surface area (Å²) in [7, 11) is 0. The summed E-state index contributed by atoms with van der Waals surface area (Å²) >= 11 is 0. The number of nitrogens with one attached hydrogen (secondary N) is 3. The van der Waals surface area contributed by atoms with Crippen LogP contribution in [-0.4, -0.2) is 23.0 Å². The predicted molar refractivity (Wildman–Crippen MR) is 137 cm³/mol. The molecule has 0 heterocycles. The standard InChI is InChI=1S/C28H25N3O4/c1-17-9-8-10-18(2)24(17)31-28(35)29-23-16-21-14-7-6-13-20(21)15-22(23)26(32)30-25(27(33)34)19-11-4-3-5-12-19/h3-16,25H,1-2H3,(H,30,32)(H,33,34)(H2,29,31,35). The van der Waals surface area contributed by atoms with Gasteiger partial charge in [-0.2, -0.15) is 0 Å². The minimum Gasteiger partial charge on any atom is -0.479 e. The molecule has 4 aromatic carbocycles. The zero-order valence-electron chi connectivity index (χ0n) is 19.3. The van der Waals surface area contributed by atoms with Gasteiger partial charge in [-0.3, -0.25) is 4.79 Å². The molecule has 0 aromatic heterocycles. The van der Waals surface area contributed by atoms with Crippen molar-refractivity contribution in [3.63, 3.8) is 0 Å². The van der Waals surface area contributed by atoms with Gasteiger partial charge in [0.2, 0.25) is 0 Å². The summed E-state index contributed by atoms with van der Waals surface area (Å²) in [5, 5.41) is 19.5. The molecule has 3 amide bonds. The SMILES string of the molecule is Cc1cccc(C)c1NC(=O)Nc1cc2ccccc2cc1C(=O)NC(C(=O)O)c1ccccc1. The highest BCUT2D eigenvalue weighted by Gasteiger charge is 2.24. The van der Waals surface area contributed by atoms with Gasteiger partial charge in [0.1, 0.15) is 0 Å². The van der Waals surface area contributed by atoms with E-state index in [9.17, 15) is 19.5 Å². The lowest BCUT2D eigenvalue weighted by Gasteiger charge is -2.18. The maximum Gasteiger partial charge on any atom is 0.330 e. The predicted octanol–water partition coefficient (Wildman–Crippen LogP) is 5.66. The van der Waals surface area contributed by atoms with E-state index in [2.05, 4.69) is 16.0 Å². The fraction of sp³-hybridized carbons (Fsp3) is 0.107. The van der Waals surface area contributed by atoms with Crippen molar-refractivity contribution in [3.8, 4) is 0 Å². The number of fused-ring (bicyclic) bond motifs is 1. The molecule has 0 bridgehead atoms. The average molecular weight is 468 g/mol. The van der Waals surface area contributed by atoms with Crippen LogP contribution in [0.4, 0.5) is 16.2 Å². The third-order valence-electron chi connectivity index (χ3n) is 5.75. The van der Waals surface area contributed by atoms with Gasteiger partial charge in [0.05, 0.1) is 11.3 Å². The highest BCUT2D eigenvalue weighted by Crippen LogP contribution is 2.26. The first kappa shape index (κ1) is 23.5. The number of hydrogen-bond donors (Lipinski definition) is 4. The fourth-order valence-corrected chi connectivity index (χ4v) is 3.95. The number of urea groups is 1. The van der Waals surface area contributed by atoms with Crippen LogP contribution in [0.2, 0.25) is 0 Å². The molecule has 0 aliphatic carbocycles. The molecule has 35 heavy (non-hydrogen) atoms. The lowest BCUT2D eigenvalue weighted by atomic mass is 10.0. The minimum atomic E-state index is -1.24. The lowest BCUT2D eigenvalue weighted by molar-refractivity contribution is -0.139. The van der Waals surface area contributed by atoms with Gasteiger partial charge in [-0.25, -0.2) is 9.59 Å². The Hall–Kier alpha value is -4.65. The van der Waals surface area contributed by atoms with Gasteiger partial charge in [-0.05, 0) is 53.4 Å². The van der Waals surface area contributed by atoms with Gasteiger partial charge in [-0.15, -0.1) is 0 Å². The van der Waals surface area contributed by atoms with E-state index >= 15 is 0 Å². The molecule has 7 heteroatoms. The van der Waals surface area contributed by atoms with E-state index in [1.165, 1.54) is 0 Å². The van der Waals surface area contributed by atoms with Crippen LogP contribution in [0.1, 0.15) is 33.1 Å². The number of carboxylic acids is 1. The Balaban J connectivity index is 1.67. The Kier molecular flexibility index (Phi) is 6.78. The third-order valence-corrected chi connectivity index (χ3v) is 5.75. The van der Waals surface area contributed by atoms with Gasteiger partial charge in [0.15, 0.2) is 6.04 Å². The van der Waals surface area contributed by atoms with Crippen LogP contribution >= 0.6 is 0 Å². The Bertz CT molecular complexity index is 1400. The topological polar surface area (TPSA) is 108 Å². The first-order chi connectivity index (χ1) is 16.8. The zero-order valence-corrected chi connectivity index (χ0v) is 19.3. The number of carbonyl (C=O) groups is 3. The normalized spacial score (nSPS) is 11.5. The maximum atomic E-state index is 13.3. The molecule has 0 radical (unpaired) electrons. The number of amides is 3. The van der Waals surface area contributed by atoms with Crippen molar-refractivity contribution >= 4 is 40.1 Å². The number of aryl methyl sites for hydroxylation is 2. The van der Waals surface area contributed by atoms with Gasteiger partial charge in [-0.1, -0.05) is 72.8 Å². The molecular formula is C28H25N3O4. The number of hydrogen-bond acceptors (Lipinski definition) is 3. The molecule has 4 rings (SSSR count). The van der Waals surface area contributed by atoms with E-state index in [4.69, 9.17) is 0 Å². The molecule has 4 aromatic rings. The number of carbonyl (C=O) groups excluding carboxylic acids is 2. The zero-order chi connectivity index (χ0) is 24.9. The van der Waals surface area contributed by atoms with E-state index in [-0.39, 0.29) is 11.3 Å². The number of para-hydroxylation sites is 1. The van der Waals surface area contributed by atoms with Crippen LogP contribution < -0.4 is 16.0 Å². The monoisotopic (exact) mass is 467 g/mol. The third kappa shape index (κ3) is 5.30. The summed E-state index contributed by atoms with van der Waals surface area (Å²) in [6.45, 7) is 3.79. The molecule has 0 saturated heterocycles. The van der Waals surface area contributed by atoms with Crippen molar-refractivity contribution in [2.75, 3.05) is 10.6 Å². The molecule has 0 spiro atoms. The molecule has 176 valence electrons. The van der Waals surface area contributed by atoms with Gasteiger partial charge in [0, 0.05) is 5.69 Å². The van der Waals surface area contributed by atoms with E-state index in [1.807, 2.05) is 56.3 Å². The van der Waals surface area contributed by atoms with Crippen molar-refractivity contribution in [2.45, 2.75) is 19.9 Å². The van der Waals surface area contributed by atoms with Crippen molar-refractivity contribution < 1.29 is 19.5 Å². The first-order valence-corrected chi connectivity index (χ1v) is 11.1. The van der Waals surface area contributed by atoms with E-state index < -0.39 is 23.9 Å². The second-order valence-corrected chi connectivity index (χ2v) is 8.25. The Labute approximate surface area is 202 Å². The Morgan fingerprint density at radius 3 is 1.97 bits per heavy atom. The van der Waals surface area contributed by atoms with E-state index in [1.54, 1.807) is 42.5 Å². The van der Waals surface area contributed by atoms with Crippen LogP contribution in [0.15, 0.2) is 84.9 Å². The average Bonchev–Trinajstić information content (AvgIpc) is 2.84. The minimum absolute atomic E-state index is 0.155. The van der Waals surface area contributed by atoms with E-state index in [0.717, 1.165) is 21.9 Å². The summed E-state index contributed by atoms with van der Waals surface area (Å²) in [5.74, 6) is -1.80. The highest BCUT2D eigenvalue weighted by molar-refractivity contribution is 6.10. The number of aliphatic carboxylic acids is 1. The molecular weight excluding hydrogens is 442 g/mol. The van der Waals surface area contributed by atoms with Crippen LogP contribution in [0.5, 0.6) is 0 Å². The van der Waals surface area contributed by atoms with Crippen LogP contribution in [0.3, 0.4) is 0 Å². The van der Waals surface area contributed by atoms with E-state index in [0.29, 0.717) is 11.3 Å². The van der Waals surface area contributed by atoms with Gasteiger partial charge in [0.25, 0.3) is 5.91 Å². The molecule has 0 aliphatic rings. The molecule has 7 nitrogen and oxygen atoms in total. The van der Waals surface area contributed by atoms with Crippen molar-refractivity contribution in [3.05, 3.63) is 107 Å². The molecule has 1 unspecified atom stereocenters. The second kappa shape index (κ2) is 10.1. The van der Waals surface area contributed by atoms with Crippen molar-refractivity contribution in [1.82, 2.24) is 5.32 Å². The van der Waals surface area contributed by atoms with Crippen LogP contribution in [0, 0.1) is 13.8 Å². The number of benzene rings is 4. The van der Waals surface area contributed by atoms with Crippen molar-refractivity contribution in [1.29, 1.82) is 0 Å². The summed E-state index contributed by atoms with van der Waals surface area (Å²) in [4.78, 5) is 38.1. The molecule has 0 fully saturated rings. The fourth-order valence-electron chi connectivity index (χ4n) is 3.95. The Morgan fingerprint density at radius 2 is 1.34 bits per heavy atom. The molecule has 4 N–H and O–H groups in total. The highest BCUT2D eigenvalue weighted by atomic mass is 16.4. The first-order valence-electron chi connectivity index (χ1n) is 11.1. The molecule has 0 saturated carbocycles. The second-order valence-electron chi connectivity index (χ2n) is 8.25. The van der Waals surface area contributed by atoms with Gasteiger partial charge >= 0.3 is 12.0 Å². The summed E-state index contributed by atoms with van der Waals surface area (Å²) < 4.78 is 0. The number of anilines is 2.